The summed E-state index contributed by atoms with van der Waals surface area (Å²) in [7, 11) is 3.17. The van der Waals surface area contributed by atoms with Gasteiger partial charge in [-0.25, -0.2) is 0 Å². The molecular formula is C13H25CuN7O2S3. The van der Waals surface area contributed by atoms with Gasteiger partial charge in [-0.1, -0.05) is 0 Å². The molecule has 0 aliphatic rings. The molecule has 1 atom stereocenters. The summed E-state index contributed by atoms with van der Waals surface area (Å²) in [6.45, 7) is 6.90. The van der Waals surface area contributed by atoms with Crippen molar-refractivity contribution in [1.29, 1.82) is 0 Å². The van der Waals surface area contributed by atoms with Gasteiger partial charge in [-0.2, -0.15) is 22.8 Å². The molecule has 0 saturated carbocycles. The van der Waals surface area contributed by atoms with E-state index in [1.807, 2.05) is 0 Å². The van der Waals surface area contributed by atoms with Crippen LogP contribution in [-0.4, -0.2) is 57.7 Å². The van der Waals surface area contributed by atoms with E-state index < -0.39 is 16.8 Å². The van der Waals surface area contributed by atoms with Crippen molar-refractivity contribution in [2.45, 2.75) is 38.5 Å². The van der Waals surface area contributed by atoms with Crippen LogP contribution in [0, 0.1) is 0 Å². The molecule has 0 heterocycles. The summed E-state index contributed by atoms with van der Waals surface area (Å²) in [5.74, 6) is -1.02. The molecule has 0 aliphatic heterocycles. The van der Waals surface area contributed by atoms with E-state index in [-0.39, 0.29) is 17.1 Å². The predicted octanol–water partition coefficient (Wildman–Crippen LogP) is 0.0870. The van der Waals surface area contributed by atoms with E-state index in [2.05, 4.69) is 43.7 Å². The van der Waals surface area contributed by atoms with Gasteiger partial charge in [0.15, 0.2) is 0 Å². The number of carbonyl (C=O) groups is 1. The molecule has 9 nitrogen and oxygen atoms in total. The third-order valence-corrected chi connectivity index (χ3v) is 3.42. The number of hydrogen-bond acceptors (Lipinski definition) is 9. The van der Waals surface area contributed by atoms with Crippen LogP contribution in [0.2, 0.25) is 0 Å². The third-order valence-electron chi connectivity index (χ3n) is 2.60. The summed E-state index contributed by atoms with van der Waals surface area (Å²) in [6, 6.07) is -0.902. The fourth-order valence-corrected chi connectivity index (χ4v) is 1.03. The summed E-state index contributed by atoms with van der Waals surface area (Å²) in [4.78, 5) is 17.6. The quantitative estimate of drug-likeness (QED) is 0.0957. The van der Waals surface area contributed by atoms with Gasteiger partial charge in [0, 0.05) is 18.8 Å². The average Bonchev–Trinajstić information content (AvgIpc) is 2.55. The predicted molar refractivity (Wildman–Crippen MR) is 113 cm³/mol. The molecule has 0 aromatic carbocycles. The summed E-state index contributed by atoms with van der Waals surface area (Å²) in [6.07, 6.45) is 0. The first-order valence-corrected chi connectivity index (χ1v) is 8.22. The first-order valence-electron chi connectivity index (χ1n) is 6.96. The van der Waals surface area contributed by atoms with Gasteiger partial charge in [-0.3, -0.25) is 25.6 Å². The molecule has 13 heteroatoms. The average molecular weight is 472 g/mol. The normalized spacial score (nSPS) is 14.5. The number of carboxylic acids is 1. The Balaban J connectivity index is -0.000000453. The smallest absolute Gasteiger partial charge is 0.741 e. The van der Waals surface area contributed by atoms with E-state index in [1.54, 1.807) is 41.8 Å². The Morgan fingerprint density at radius 3 is 1.54 bits per heavy atom. The van der Waals surface area contributed by atoms with E-state index in [0.717, 1.165) is 0 Å². The van der Waals surface area contributed by atoms with Crippen molar-refractivity contribution in [3.8, 4) is 0 Å². The molecule has 1 radical (unpaired) electrons. The van der Waals surface area contributed by atoms with Crippen molar-refractivity contribution >= 4 is 65.6 Å². The molecule has 26 heavy (non-hydrogen) atoms. The number of nitrogens with zero attached hydrogens (tertiary/aromatic N) is 4. The van der Waals surface area contributed by atoms with Crippen LogP contribution in [-0.2, 0) is 47.1 Å². The molecule has 0 fully saturated rings. The zero-order chi connectivity index (χ0) is 20.2. The van der Waals surface area contributed by atoms with Gasteiger partial charge in [0.05, 0.1) is 11.4 Å². The molecule has 153 valence electrons. The van der Waals surface area contributed by atoms with Crippen LogP contribution in [0.3, 0.4) is 0 Å². The van der Waals surface area contributed by atoms with Crippen LogP contribution >= 0.6 is 12.6 Å². The topological polar surface area (TPSA) is 137 Å². The minimum Gasteiger partial charge on any atom is -0.741 e. The van der Waals surface area contributed by atoms with Gasteiger partial charge >= 0.3 is 23.0 Å². The number of aliphatic imine (C=N–C) groups is 2. The zero-order valence-electron chi connectivity index (χ0n) is 15.4. The minimum atomic E-state index is -1.02. The number of nitrogens with two attached hydrogens (primary N) is 1. The van der Waals surface area contributed by atoms with Crippen LogP contribution in [0.5, 0.6) is 0 Å². The molecule has 0 saturated heterocycles. The minimum absolute atomic E-state index is 0. The number of carboxylic acid groups (broad SMARTS) is 1. The van der Waals surface area contributed by atoms with Crippen molar-refractivity contribution < 1.29 is 27.0 Å². The number of nitrogens with one attached hydrogen (secondary N) is 2. The molecule has 0 spiro atoms. The summed E-state index contributed by atoms with van der Waals surface area (Å²) >= 11 is 13.6. The van der Waals surface area contributed by atoms with Gasteiger partial charge in [0.2, 0.25) is 0 Å². The molecule has 0 aromatic rings. The van der Waals surface area contributed by atoms with Crippen LogP contribution in [0.25, 0.3) is 0 Å². The Labute approximate surface area is 181 Å². The van der Waals surface area contributed by atoms with Crippen LogP contribution in [0.15, 0.2) is 20.2 Å². The maximum absolute atomic E-state index is 10.2. The van der Waals surface area contributed by atoms with Crippen molar-refractivity contribution in [3.63, 3.8) is 0 Å². The number of rotatable bonds is 5. The summed E-state index contributed by atoms with van der Waals surface area (Å²) in [5, 5.41) is 17.0. The van der Waals surface area contributed by atoms with Crippen molar-refractivity contribution in [2.75, 3.05) is 14.1 Å². The van der Waals surface area contributed by atoms with E-state index in [1.165, 1.54) is 0 Å². The van der Waals surface area contributed by atoms with Crippen LogP contribution in [0.1, 0.15) is 27.7 Å². The number of amidine groups is 2. The molecule has 0 unspecified atom stereocenters. The first-order chi connectivity index (χ1) is 11.4. The number of aliphatic carboxylic acids is 1. The molecule has 0 aromatic heterocycles. The van der Waals surface area contributed by atoms with Crippen molar-refractivity contribution in [2.24, 2.45) is 25.9 Å². The van der Waals surface area contributed by atoms with Crippen molar-refractivity contribution in [1.82, 2.24) is 10.9 Å². The maximum atomic E-state index is 10.2. The molecule has 0 amide bonds. The SMILES string of the molecule is CC(C)(S)[C@@H](N)C(=O)O.CN=C([S-])N/N=C(C)/C(C)=N/NC([S-])=NC.[64Cu+2]. The zero-order valence-corrected chi connectivity index (χ0v) is 18.8. The fourth-order valence-electron chi connectivity index (χ4n) is 0.827. The van der Waals surface area contributed by atoms with Crippen molar-refractivity contribution in [3.05, 3.63) is 0 Å². The Bertz CT molecular complexity index is 526. The van der Waals surface area contributed by atoms with E-state index >= 15 is 0 Å². The second-order valence-electron chi connectivity index (χ2n) is 5.15. The molecular weight excluding hydrogens is 446 g/mol. The van der Waals surface area contributed by atoms with Gasteiger partial charge < -0.3 is 36.1 Å². The van der Waals surface area contributed by atoms with Gasteiger partial charge in [0.25, 0.3) is 0 Å². The fraction of sp³-hybridized carbons (Fsp3) is 0.615. The molecule has 5 N–H and O–H groups in total. The maximum Gasteiger partial charge on any atom is 2.00 e. The largest absolute Gasteiger partial charge is 2.00 e. The van der Waals surface area contributed by atoms with Gasteiger partial charge in [-0.15, -0.1) is 0 Å². The number of thiol groups is 1. The van der Waals surface area contributed by atoms with Crippen LogP contribution < -0.4 is 16.6 Å². The monoisotopic (exact) mass is 471 g/mol. The van der Waals surface area contributed by atoms with Gasteiger partial charge in [-0.05, 0) is 38.0 Å². The Morgan fingerprint density at radius 1 is 1.08 bits per heavy atom. The second-order valence-corrected chi connectivity index (χ2v) is 7.07. The Kier molecular flexibility index (Phi) is 17.3. The summed E-state index contributed by atoms with van der Waals surface area (Å²) in [5.41, 5.74) is 11.8. The van der Waals surface area contributed by atoms with Crippen LogP contribution in [0.4, 0.5) is 0 Å². The second kappa shape index (κ2) is 15.1. The molecule has 0 bridgehead atoms. The summed E-state index contributed by atoms with van der Waals surface area (Å²) < 4.78 is -0.647. The number of hydrogen-bond donors (Lipinski definition) is 5. The molecule has 0 aliphatic carbocycles. The van der Waals surface area contributed by atoms with E-state index in [9.17, 15) is 4.79 Å². The van der Waals surface area contributed by atoms with E-state index in [4.69, 9.17) is 36.1 Å². The van der Waals surface area contributed by atoms with Gasteiger partial charge in [0.1, 0.15) is 6.04 Å². The van der Waals surface area contributed by atoms with E-state index in [0.29, 0.717) is 21.8 Å². The molecule has 0 rings (SSSR count). The standard InChI is InChI=1S/C8H16N6S2.C5H11NO2S.Cu/c1-5(11-13-7(15)9-3)6(2)12-14-8(16)10-4;1-5(2,9)3(6)4(7)8;/h1-4H3,(H2,9,13,15)(H2,10,14,16);3,9H,6H2,1-2H3,(H,7,8);/q;;+2/p-2/b11-5+,12-6+;;/t;3-;/m.0./s1/i;;1+0. The Morgan fingerprint density at radius 2 is 1.38 bits per heavy atom. The third kappa shape index (κ3) is 15.3. The Hall–Kier alpha value is -0.981. The number of hydrazone groups is 2. The first kappa shape index (κ1) is 29.8.